The van der Waals surface area contributed by atoms with Gasteiger partial charge >= 0.3 is 0 Å². The number of carbonyl (C=O) groups excluding carboxylic acids is 1. The molecule has 110 valence electrons. The number of hydrogen-bond acceptors (Lipinski definition) is 3. The Morgan fingerprint density at radius 1 is 1.37 bits per heavy atom. The molecule has 0 bridgehead atoms. The lowest BCUT2D eigenvalue weighted by Gasteiger charge is -2.25. The highest BCUT2D eigenvalue weighted by Crippen LogP contribution is 2.30. The van der Waals surface area contributed by atoms with Gasteiger partial charge in [-0.05, 0) is 31.1 Å². The third kappa shape index (κ3) is 4.46. The van der Waals surface area contributed by atoms with E-state index in [1.807, 2.05) is 0 Å². The van der Waals surface area contributed by atoms with Gasteiger partial charge in [0.25, 0.3) is 0 Å². The summed E-state index contributed by atoms with van der Waals surface area (Å²) < 4.78 is 0. The molecular weight excluding hydrogens is 238 g/mol. The van der Waals surface area contributed by atoms with Crippen molar-refractivity contribution in [2.75, 3.05) is 19.6 Å². The average Bonchev–Trinajstić information content (AvgIpc) is 3.06. The Hall–Kier alpha value is -0.610. The van der Waals surface area contributed by atoms with E-state index in [2.05, 4.69) is 31.0 Å². The van der Waals surface area contributed by atoms with E-state index in [9.17, 15) is 4.79 Å². The zero-order valence-corrected chi connectivity index (χ0v) is 12.6. The second-order valence-electron chi connectivity index (χ2n) is 7.42. The molecule has 2 unspecified atom stereocenters. The van der Waals surface area contributed by atoms with Crippen LogP contribution >= 0.6 is 0 Å². The highest BCUT2D eigenvalue weighted by Gasteiger charge is 2.35. The average molecular weight is 267 g/mol. The predicted octanol–water partition coefficient (Wildman–Crippen LogP) is 1.35. The highest BCUT2D eigenvalue weighted by molar-refractivity contribution is 5.79. The largest absolute Gasteiger partial charge is 0.352 e. The normalized spacial score (nSPS) is 26.4. The maximum Gasteiger partial charge on any atom is 0.224 e. The van der Waals surface area contributed by atoms with Crippen LogP contribution in [-0.2, 0) is 4.79 Å². The Kier molecular flexibility index (Phi) is 4.51. The fourth-order valence-corrected chi connectivity index (χ4v) is 3.02. The van der Waals surface area contributed by atoms with E-state index < -0.39 is 0 Å². The molecular formula is C15H29N3O. The second kappa shape index (κ2) is 5.80. The van der Waals surface area contributed by atoms with Crippen LogP contribution in [0.4, 0.5) is 0 Å². The van der Waals surface area contributed by atoms with E-state index in [4.69, 9.17) is 5.73 Å². The molecule has 2 fully saturated rings. The summed E-state index contributed by atoms with van der Waals surface area (Å²) in [6, 6.07) is 1.14. The minimum absolute atomic E-state index is 0.0463. The first kappa shape index (κ1) is 14.8. The Bertz CT molecular complexity index is 320. The van der Waals surface area contributed by atoms with Gasteiger partial charge in [0, 0.05) is 31.7 Å². The quantitative estimate of drug-likeness (QED) is 0.790. The summed E-state index contributed by atoms with van der Waals surface area (Å²) in [7, 11) is 0. The van der Waals surface area contributed by atoms with E-state index in [1.54, 1.807) is 0 Å². The summed E-state index contributed by atoms with van der Waals surface area (Å²) in [6.45, 7) is 9.10. The molecule has 4 nitrogen and oxygen atoms in total. The Balaban J connectivity index is 1.79. The van der Waals surface area contributed by atoms with Crippen LogP contribution in [0.25, 0.3) is 0 Å². The molecule has 0 radical (unpaired) electrons. The summed E-state index contributed by atoms with van der Waals surface area (Å²) in [5.74, 6) is 0.107. The summed E-state index contributed by atoms with van der Waals surface area (Å²) >= 11 is 0. The van der Waals surface area contributed by atoms with Crippen molar-refractivity contribution in [3.63, 3.8) is 0 Å². The molecule has 1 amide bonds. The number of rotatable bonds is 5. The maximum absolute atomic E-state index is 12.3. The molecule has 1 saturated carbocycles. The fourth-order valence-electron chi connectivity index (χ4n) is 3.02. The summed E-state index contributed by atoms with van der Waals surface area (Å²) in [6.07, 6.45) is 4.63. The van der Waals surface area contributed by atoms with E-state index in [1.165, 1.54) is 12.8 Å². The summed E-state index contributed by atoms with van der Waals surface area (Å²) in [5, 5.41) is 3.20. The van der Waals surface area contributed by atoms with Crippen LogP contribution in [0.2, 0.25) is 0 Å². The van der Waals surface area contributed by atoms with E-state index in [-0.39, 0.29) is 17.2 Å². The van der Waals surface area contributed by atoms with Crippen LogP contribution < -0.4 is 11.1 Å². The van der Waals surface area contributed by atoms with Gasteiger partial charge in [0.05, 0.1) is 5.92 Å². The van der Waals surface area contributed by atoms with Crippen molar-refractivity contribution in [1.29, 1.82) is 0 Å². The first-order valence-electron chi connectivity index (χ1n) is 7.63. The first-order chi connectivity index (χ1) is 8.89. The van der Waals surface area contributed by atoms with Crippen LogP contribution in [-0.4, -0.2) is 42.5 Å². The molecule has 1 aliphatic carbocycles. The zero-order valence-electron chi connectivity index (χ0n) is 12.6. The molecule has 2 aliphatic rings. The standard InChI is InChI=1S/C15H29N3O/c1-15(2,3)8-11(9-16)14(19)17-12-6-7-18(10-12)13-4-5-13/h11-13H,4-10,16H2,1-3H3,(H,17,19). The highest BCUT2D eigenvalue weighted by atomic mass is 16.2. The number of nitrogens with one attached hydrogen (secondary N) is 1. The van der Waals surface area contributed by atoms with Crippen molar-refractivity contribution >= 4 is 5.91 Å². The molecule has 0 aromatic carbocycles. The van der Waals surface area contributed by atoms with Gasteiger partial charge < -0.3 is 11.1 Å². The van der Waals surface area contributed by atoms with Crippen molar-refractivity contribution in [3.8, 4) is 0 Å². The van der Waals surface area contributed by atoms with Crippen molar-refractivity contribution < 1.29 is 4.79 Å². The SMILES string of the molecule is CC(C)(C)CC(CN)C(=O)NC1CCN(C2CC2)C1. The van der Waals surface area contributed by atoms with E-state index in [0.717, 1.165) is 32.0 Å². The smallest absolute Gasteiger partial charge is 0.224 e. The Morgan fingerprint density at radius 3 is 2.58 bits per heavy atom. The summed E-state index contributed by atoms with van der Waals surface area (Å²) in [5.41, 5.74) is 5.92. The molecule has 2 atom stereocenters. The lowest BCUT2D eigenvalue weighted by atomic mass is 9.84. The fraction of sp³-hybridized carbons (Fsp3) is 0.933. The van der Waals surface area contributed by atoms with Crippen LogP contribution in [0.1, 0.15) is 46.5 Å². The number of nitrogens with two attached hydrogens (primary N) is 1. The van der Waals surface area contributed by atoms with Crippen molar-refractivity contribution in [3.05, 3.63) is 0 Å². The first-order valence-corrected chi connectivity index (χ1v) is 7.63. The predicted molar refractivity (Wildman–Crippen MR) is 77.8 cm³/mol. The molecule has 0 aromatic heterocycles. The Labute approximate surface area is 117 Å². The number of carbonyl (C=O) groups is 1. The van der Waals surface area contributed by atoms with Gasteiger partial charge in [-0.2, -0.15) is 0 Å². The molecule has 0 spiro atoms. The lowest BCUT2D eigenvalue weighted by molar-refractivity contribution is -0.126. The number of likely N-dealkylation sites (tertiary alicyclic amines) is 1. The van der Waals surface area contributed by atoms with Gasteiger partial charge in [0.1, 0.15) is 0 Å². The number of hydrogen-bond donors (Lipinski definition) is 2. The molecule has 2 rings (SSSR count). The van der Waals surface area contributed by atoms with Crippen LogP contribution in [0, 0.1) is 11.3 Å². The molecule has 3 N–H and O–H groups in total. The molecule has 0 aromatic rings. The molecule has 1 saturated heterocycles. The minimum Gasteiger partial charge on any atom is -0.352 e. The van der Waals surface area contributed by atoms with E-state index in [0.29, 0.717) is 12.6 Å². The Morgan fingerprint density at radius 2 is 2.05 bits per heavy atom. The van der Waals surface area contributed by atoms with Gasteiger partial charge in [-0.25, -0.2) is 0 Å². The topological polar surface area (TPSA) is 58.4 Å². The molecule has 1 aliphatic heterocycles. The zero-order chi connectivity index (χ0) is 14.0. The van der Waals surface area contributed by atoms with Gasteiger partial charge in [0.15, 0.2) is 0 Å². The van der Waals surface area contributed by atoms with Crippen molar-refractivity contribution in [2.45, 2.75) is 58.5 Å². The van der Waals surface area contributed by atoms with Crippen molar-refractivity contribution in [2.24, 2.45) is 17.1 Å². The monoisotopic (exact) mass is 267 g/mol. The maximum atomic E-state index is 12.3. The van der Waals surface area contributed by atoms with Crippen LogP contribution in [0.5, 0.6) is 0 Å². The van der Waals surface area contributed by atoms with E-state index >= 15 is 0 Å². The molecule has 4 heteroatoms. The molecule has 19 heavy (non-hydrogen) atoms. The summed E-state index contributed by atoms with van der Waals surface area (Å²) in [4.78, 5) is 14.8. The molecule has 1 heterocycles. The second-order valence-corrected chi connectivity index (χ2v) is 7.42. The third-order valence-electron chi connectivity index (χ3n) is 4.14. The van der Waals surface area contributed by atoms with Crippen molar-refractivity contribution in [1.82, 2.24) is 10.2 Å². The van der Waals surface area contributed by atoms with Gasteiger partial charge in [-0.1, -0.05) is 20.8 Å². The van der Waals surface area contributed by atoms with Crippen LogP contribution in [0.3, 0.4) is 0 Å². The number of nitrogens with zero attached hydrogens (tertiary/aromatic N) is 1. The lowest BCUT2D eigenvalue weighted by Crippen LogP contribution is -2.43. The van der Waals surface area contributed by atoms with Gasteiger partial charge in [-0.15, -0.1) is 0 Å². The van der Waals surface area contributed by atoms with Gasteiger partial charge in [-0.3, -0.25) is 9.69 Å². The third-order valence-corrected chi connectivity index (χ3v) is 4.14. The van der Waals surface area contributed by atoms with Gasteiger partial charge in [0.2, 0.25) is 5.91 Å². The minimum atomic E-state index is -0.0463. The van der Waals surface area contributed by atoms with Crippen LogP contribution in [0.15, 0.2) is 0 Å². The number of amides is 1.